The fourth-order valence-corrected chi connectivity index (χ4v) is 3.85. The molecule has 3 rings (SSSR count). The third-order valence-electron chi connectivity index (χ3n) is 5.38. The monoisotopic (exact) mass is 402 g/mol. The third-order valence-corrected chi connectivity index (χ3v) is 5.38. The molecular weight excluding hydrogens is 371 g/mol. The van der Waals surface area contributed by atoms with Crippen molar-refractivity contribution in [1.29, 1.82) is 0 Å². The van der Waals surface area contributed by atoms with E-state index in [1.165, 1.54) is 6.07 Å². The predicted octanol–water partition coefficient (Wildman–Crippen LogP) is 3.04. The molecule has 1 aromatic heterocycles. The third kappa shape index (κ3) is 6.11. The molecule has 1 atom stereocenters. The van der Waals surface area contributed by atoms with Crippen LogP contribution in [-0.2, 0) is 6.54 Å². The molecule has 1 aromatic carbocycles. The number of amides is 1. The highest BCUT2D eigenvalue weighted by Gasteiger charge is 2.26. The molecule has 0 spiro atoms. The number of benzene rings is 1. The minimum Gasteiger partial charge on any atom is -0.361 e. The first-order chi connectivity index (χ1) is 13.9. The smallest absolute Gasteiger partial charge is 0.276 e. The number of carbonyl (C=O) groups is 1. The SMILES string of the molecule is Cc1cc(C(=O)N(CCN(C)C)CC2CCCN(Cc3ccccc3F)C2)no1. The minimum absolute atomic E-state index is 0.0880. The van der Waals surface area contributed by atoms with Gasteiger partial charge >= 0.3 is 0 Å². The average Bonchev–Trinajstić information content (AvgIpc) is 3.13. The lowest BCUT2D eigenvalue weighted by Crippen LogP contribution is -2.44. The molecule has 1 amide bonds. The minimum atomic E-state index is -0.154. The van der Waals surface area contributed by atoms with Gasteiger partial charge in [0.2, 0.25) is 0 Å². The van der Waals surface area contributed by atoms with Gasteiger partial charge in [0.1, 0.15) is 11.6 Å². The maximum atomic E-state index is 14.0. The van der Waals surface area contributed by atoms with Gasteiger partial charge in [-0.05, 0) is 52.4 Å². The normalized spacial score (nSPS) is 17.6. The maximum Gasteiger partial charge on any atom is 0.276 e. The summed E-state index contributed by atoms with van der Waals surface area (Å²) < 4.78 is 19.1. The molecule has 158 valence electrons. The van der Waals surface area contributed by atoms with Crippen LogP contribution in [0.5, 0.6) is 0 Å². The van der Waals surface area contributed by atoms with Crippen LogP contribution in [0.2, 0.25) is 0 Å². The van der Waals surface area contributed by atoms with Gasteiger partial charge in [0.25, 0.3) is 5.91 Å². The van der Waals surface area contributed by atoms with Gasteiger partial charge in [-0.2, -0.15) is 0 Å². The fourth-order valence-electron chi connectivity index (χ4n) is 3.85. The van der Waals surface area contributed by atoms with Gasteiger partial charge in [-0.1, -0.05) is 23.4 Å². The number of likely N-dealkylation sites (tertiary alicyclic amines) is 1. The molecule has 0 radical (unpaired) electrons. The van der Waals surface area contributed by atoms with Crippen LogP contribution in [0.4, 0.5) is 4.39 Å². The number of hydrogen-bond donors (Lipinski definition) is 0. The van der Waals surface area contributed by atoms with Crippen LogP contribution >= 0.6 is 0 Å². The number of hydrogen-bond acceptors (Lipinski definition) is 5. The molecule has 1 fully saturated rings. The summed E-state index contributed by atoms with van der Waals surface area (Å²) in [5, 5.41) is 3.91. The van der Waals surface area contributed by atoms with Gasteiger partial charge in [0.15, 0.2) is 5.69 Å². The van der Waals surface area contributed by atoms with Crippen LogP contribution in [0, 0.1) is 18.7 Å². The maximum absolute atomic E-state index is 14.0. The van der Waals surface area contributed by atoms with Crippen LogP contribution in [0.1, 0.15) is 34.7 Å². The summed E-state index contributed by atoms with van der Waals surface area (Å²) in [5.41, 5.74) is 1.09. The van der Waals surface area contributed by atoms with Crippen molar-refractivity contribution in [3.8, 4) is 0 Å². The topological polar surface area (TPSA) is 52.8 Å². The molecule has 29 heavy (non-hydrogen) atoms. The second-order valence-electron chi connectivity index (χ2n) is 8.21. The first kappa shape index (κ1) is 21.5. The van der Waals surface area contributed by atoms with Crippen molar-refractivity contribution in [1.82, 2.24) is 19.9 Å². The van der Waals surface area contributed by atoms with E-state index in [1.807, 2.05) is 31.1 Å². The molecule has 1 aliphatic heterocycles. The first-order valence-electron chi connectivity index (χ1n) is 10.3. The van der Waals surface area contributed by atoms with Gasteiger partial charge in [-0.3, -0.25) is 9.69 Å². The van der Waals surface area contributed by atoms with E-state index in [1.54, 1.807) is 19.1 Å². The summed E-state index contributed by atoms with van der Waals surface area (Å²) in [6, 6.07) is 8.65. The number of aromatic nitrogens is 1. The highest BCUT2D eigenvalue weighted by atomic mass is 19.1. The van der Waals surface area contributed by atoms with E-state index in [-0.39, 0.29) is 11.7 Å². The molecule has 0 aliphatic carbocycles. The lowest BCUT2D eigenvalue weighted by molar-refractivity contribution is 0.0650. The lowest BCUT2D eigenvalue weighted by atomic mass is 9.96. The molecule has 2 aromatic rings. The van der Waals surface area contributed by atoms with Crippen molar-refractivity contribution in [2.75, 3.05) is 46.8 Å². The average molecular weight is 403 g/mol. The summed E-state index contributed by atoms with van der Waals surface area (Å²) in [6.45, 7) is 6.31. The Hall–Kier alpha value is -2.25. The Labute approximate surface area is 172 Å². The second kappa shape index (κ2) is 9.98. The van der Waals surface area contributed by atoms with Crippen LogP contribution in [-0.4, -0.2) is 72.6 Å². The van der Waals surface area contributed by atoms with Crippen molar-refractivity contribution >= 4 is 5.91 Å². The Morgan fingerprint density at radius 3 is 2.79 bits per heavy atom. The van der Waals surface area contributed by atoms with Gasteiger partial charge in [0, 0.05) is 44.4 Å². The predicted molar refractivity (Wildman–Crippen MR) is 110 cm³/mol. The summed E-state index contributed by atoms with van der Waals surface area (Å²) >= 11 is 0. The Bertz CT molecular complexity index is 808. The molecular formula is C22H31FN4O2. The Kier molecular flexibility index (Phi) is 7.39. The quantitative estimate of drug-likeness (QED) is 0.679. The standard InChI is InChI=1S/C22H31FN4O2/c1-17-13-21(24-29-17)22(28)27(12-11-25(2)3)15-18-7-6-10-26(14-18)16-19-8-4-5-9-20(19)23/h4-5,8-9,13,18H,6-7,10-12,14-16H2,1-3H3. The second-order valence-corrected chi connectivity index (χ2v) is 8.21. The van der Waals surface area contributed by atoms with Gasteiger partial charge < -0.3 is 14.3 Å². The largest absolute Gasteiger partial charge is 0.361 e. The van der Waals surface area contributed by atoms with Crippen LogP contribution < -0.4 is 0 Å². The van der Waals surface area contributed by atoms with Crippen molar-refractivity contribution in [2.45, 2.75) is 26.3 Å². The van der Waals surface area contributed by atoms with Crippen molar-refractivity contribution in [2.24, 2.45) is 5.92 Å². The summed E-state index contributed by atoms with van der Waals surface area (Å²) in [6.07, 6.45) is 2.12. The molecule has 0 N–H and O–H groups in total. The van der Waals surface area contributed by atoms with E-state index in [0.717, 1.165) is 38.0 Å². The van der Waals surface area contributed by atoms with Gasteiger partial charge in [-0.25, -0.2) is 4.39 Å². The number of halogens is 1. The Balaban J connectivity index is 1.64. The fraction of sp³-hybridized carbons (Fsp3) is 0.545. The number of aryl methyl sites for hydroxylation is 1. The summed E-state index contributed by atoms with van der Waals surface area (Å²) in [7, 11) is 4.00. The van der Waals surface area contributed by atoms with Gasteiger partial charge in [-0.15, -0.1) is 0 Å². The van der Waals surface area contributed by atoms with Gasteiger partial charge in [0.05, 0.1) is 0 Å². The van der Waals surface area contributed by atoms with Crippen molar-refractivity contribution < 1.29 is 13.7 Å². The zero-order chi connectivity index (χ0) is 20.8. The highest BCUT2D eigenvalue weighted by molar-refractivity contribution is 5.92. The number of piperidine rings is 1. The highest BCUT2D eigenvalue weighted by Crippen LogP contribution is 2.21. The van der Waals surface area contributed by atoms with E-state index in [0.29, 0.717) is 37.0 Å². The van der Waals surface area contributed by atoms with Crippen molar-refractivity contribution in [3.63, 3.8) is 0 Å². The molecule has 7 heteroatoms. The Morgan fingerprint density at radius 2 is 2.10 bits per heavy atom. The molecule has 0 bridgehead atoms. The first-order valence-corrected chi connectivity index (χ1v) is 10.3. The summed E-state index contributed by atoms with van der Waals surface area (Å²) in [5.74, 6) is 0.748. The van der Waals surface area contributed by atoms with Crippen LogP contribution in [0.25, 0.3) is 0 Å². The Morgan fingerprint density at radius 1 is 1.31 bits per heavy atom. The van der Waals surface area contributed by atoms with E-state index in [2.05, 4.69) is 15.0 Å². The molecule has 1 unspecified atom stereocenters. The molecule has 1 saturated heterocycles. The number of likely N-dealkylation sites (N-methyl/N-ethyl adjacent to an activating group) is 1. The van der Waals surface area contributed by atoms with E-state index < -0.39 is 0 Å². The van der Waals surface area contributed by atoms with Crippen LogP contribution in [0.15, 0.2) is 34.9 Å². The van der Waals surface area contributed by atoms with Crippen LogP contribution in [0.3, 0.4) is 0 Å². The molecule has 2 heterocycles. The number of rotatable bonds is 8. The molecule has 1 aliphatic rings. The zero-order valence-electron chi connectivity index (χ0n) is 17.6. The number of nitrogens with zero attached hydrogens (tertiary/aromatic N) is 4. The van der Waals surface area contributed by atoms with Crippen molar-refractivity contribution in [3.05, 3.63) is 53.2 Å². The lowest BCUT2D eigenvalue weighted by Gasteiger charge is -2.36. The van der Waals surface area contributed by atoms with E-state index in [9.17, 15) is 9.18 Å². The molecule has 0 saturated carbocycles. The van der Waals surface area contributed by atoms with E-state index in [4.69, 9.17) is 4.52 Å². The number of carbonyl (C=O) groups excluding carboxylic acids is 1. The zero-order valence-corrected chi connectivity index (χ0v) is 17.6. The molecule has 6 nitrogen and oxygen atoms in total. The van der Waals surface area contributed by atoms with E-state index >= 15 is 0 Å². The summed E-state index contributed by atoms with van der Waals surface area (Å²) in [4.78, 5) is 19.2.